The van der Waals surface area contributed by atoms with E-state index in [1.54, 1.807) is 6.20 Å². The van der Waals surface area contributed by atoms with Crippen molar-refractivity contribution in [2.24, 2.45) is 0 Å². The van der Waals surface area contributed by atoms with Crippen LogP contribution in [0.5, 0.6) is 5.75 Å². The van der Waals surface area contributed by atoms with Crippen molar-refractivity contribution >= 4 is 0 Å². The number of aliphatic hydroxyl groups is 1. The Morgan fingerprint density at radius 2 is 2.00 bits per heavy atom. The van der Waals surface area contributed by atoms with Gasteiger partial charge in [0.25, 0.3) is 0 Å². The van der Waals surface area contributed by atoms with E-state index >= 15 is 0 Å². The number of hydrogen-bond acceptors (Lipinski definition) is 4. The lowest BCUT2D eigenvalue weighted by Gasteiger charge is -2.19. The van der Waals surface area contributed by atoms with Gasteiger partial charge in [0.2, 0.25) is 0 Å². The number of aromatic nitrogens is 2. The van der Waals surface area contributed by atoms with Gasteiger partial charge in [-0.3, -0.25) is 5.10 Å². The molecule has 1 aromatic heterocycles. The molecule has 0 bridgehead atoms. The highest BCUT2D eigenvalue weighted by molar-refractivity contribution is 5.23. The summed E-state index contributed by atoms with van der Waals surface area (Å²) in [5.41, 5.74) is 2.17. The molecule has 6 heteroatoms. The second-order valence-corrected chi connectivity index (χ2v) is 6.57. The molecule has 0 saturated heterocycles. The van der Waals surface area contributed by atoms with Crippen LogP contribution in [0, 0.1) is 5.82 Å². The third kappa shape index (κ3) is 5.33. The number of H-pyrrole nitrogens is 1. The molecule has 0 aliphatic heterocycles. The molecule has 0 fully saturated rings. The number of halogens is 1. The molecule has 0 aliphatic carbocycles. The molecule has 1 heterocycles. The SMILES string of the molecule is CC(C)(C)c1[nH]ncc1CNC[C@@H](O)COc1ccc(F)cc1. The van der Waals surface area contributed by atoms with Crippen LogP contribution in [0.3, 0.4) is 0 Å². The first-order chi connectivity index (χ1) is 10.9. The van der Waals surface area contributed by atoms with Crippen molar-refractivity contribution in [3.8, 4) is 5.75 Å². The molecule has 2 aromatic rings. The summed E-state index contributed by atoms with van der Waals surface area (Å²) in [6.07, 6.45) is 1.15. The van der Waals surface area contributed by atoms with Crippen molar-refractivity contribution in [3.63, 3.8) is 0 Å². The topological polar surface area (TPSA) is 70.2 Å². The average Bonchev–Trinajstić information content (AvgIpc) is 2.95. The van der Waals surface area contributed by atoms with Gasteiger partial charge in [0.05, 0.1) is 6.20 Å². The largest absolute Gasteiger partial charge is 0.491 e. The van der Waals surface area contributed by atoms with E-state index in [-0.39, 0.29) is 17.8 Å². The van der Waals surface area contributed by atoms with Crippen LogP contribution in [-0.4, -0.2) is 34.6 Å². The van der Waals surface area contributed by atoms with Crippen LogP contribution in [0.2, 0.25) is 0 Å². The van der Waals surface area contributed by atoms with E-state index < -0.39 is 6.10 Å². The summed E-state index contributed by atoms with van der Waals surface area (Å²) in [4.78, 5) is 0. The number of hydrogen-bond donors (Lipinski definition) is 3. The summed E-state index contributed by atoms with van der Waals surface area (Å²) >= 11 is 0. The zero-order chi connectivity index (χ0) is 16.9. The maximum Gasteiger partial charge on any atom is 0.123 e. The van der Waals surface area contributed by atoms with Gasteiger partial charge >= 0.3 is 0 Å². The minimum atomic E-state index is -0.648. The van der Waals surface area contributed by atoms with E-state index in [0.717, 1.165) is 11.3 Å². The Hall–Kier alpha value is -1.92. The zero-order valence-corrected chi connectivity index (χ0v) is 13.8. The van der Waals surface area contributed by atoms with Gasteiger partial charge in [0.1, 0.15) is 24.3 Å². The van der Waals surface area contributed by atoms with Crippen LogP contribution in [-0.2, 0) is 12.0 Å². The predicted molar refractivity (Wildman–Crippen MR) is 86.9 cm³/mol. The number of aromatic amines is 1. The maximum absolute atomic E-state index is 12.8. The molecule has 1 atom stereocenters. The molecule has 0 saturated carbocycles. The zero-order valence-electron chi connectivity index (χ0n) is 13.8. The van der Waals surface area contributed by atoms with E-state index in [9.17, 15) is 9.50 Å². The number of rotatable bonds is 7. The normalized spacial score (nSPS) is 13.1. The molecule has 23 heavy (non-hydrogen) atoms. The molecular formula is C17H24FN3O2. The first-order valence-electron chi connectivity index (χ1n) is 7.66. The Morgan fingerprint density at radius 3 is 2.65 bits per heavy atom. The van der Waals surface area contributed by atoms with Crippen molar-refractivity contribution in [3.05, 3.63) is 47.5 Å². The molecule has 0 amide bonds. The summed E-state index contributed by atoms with van der Waals surface area (Å²) in [5.74, 6) is 0.227. The fraction of sp³-hybridized carbons (Fsp3) is 0.471. The standard InChI is InChI=1S/C17H24FN3O2/c1-17(2,3)16-12(9-20-21-16)8-19-10-14(22)11-23-15-6-4-13(18)5-7-15/h4-7,9,14,19,22H,8,10-11H2,1-3H3,(H,20,21)/t14-/m1/s1. The van der Waals surface area contributed by atoms with Crippen LogP contribution in [0.15, 0.2) is 30.5 Å². The summed E-state index contributed by atoms with van der Waals surface area (Å²) in [7, 11) is 0. The first-order valence-corrected chi connectivity index (χ1v) is 7.66. The van der Waals surface area contributed by atoms with Crippen molar-refractivity contribution in [2.45, 2.75) is 38.8 Å². The molecule has 1 aromatic carbocycles. The summed E-state index contributed by atoms with van der Waals surface area (Å²) in [6.45, 7) is 7.53. The molecule has 2 rings (SSSR count). The number of benzene rings is 1. The van der Waals surface area contributed by atoms with Gasteiger partial charge in [-0.25, -0.2) is 4.39 Å². The average molecular weight is 321 g/mol. The van der Waals surface area contributed by atoms with Gasteiger partial charge < -0.3 is 15.2 Å². The van der Waals surface area contributed by atoms with Crippen LogP contribution in [0.1, 0.15) is 32.0 Å². The monoisotopic (exact) mass is 321 g/mol. The van der Waals surface area contributed by atoms with Gasteiger partial charge in [0.15, 0.2) is 0 Å². The second-order valence-electron chi connectivity index (χ2n) is 6.57. The van der Waals surface area contributed by atoms with Crippen LogP contribution < -0.4 is 10.1 Å². The smallest absolute Gasteiger partial charge is 0.123 e. The predicted octanol–water partition coefficient (Wildman–Crippen LogP) is 2.38. The second kappa shape index (κ2) is 7.57. The van der Waals surface area contributed by atoms with E-state index in [4.69, 9.17) is 4.74 Å². The van der Waals surface area contributed by atoms with Crippen LogP contribution in [0.4, 0.5) is 4.39 Å². The van der Waals surface area contributed by atoms with E-state index in [1.807, 2.05) is 0 Å². The number of nitrogens with one attached hydrogen (secondary N) is 2. The van der Waals surface area contributed by atoms with E-state index in [1.165, 1.54) is 24.3 Å². The Labute approximate surface area is 135 Å². The highest BCUT2D eigenvalue weighted by Crippen LogP contribution is 2.23. The molecule has 126 valence electrons. The lowest BCUT2D eigenvalue weighted by Crippen LogP contribution is -2.31. The van der Waals surface area contributed by atoms with E-state index in [2.05, 4.69) is 36.3 Å². The Balaban J connectivity index is 1.74. The molecule has 0 unspecified atom stereocenters. The van der Waals surface area contributed by atoms with Crippen LogP contribution in [0.25, 0.3) is 0 Å². The third-order valence-corrected chi connectivity index (χ3v) is 3.42. The summed E-state index contributed by atoms with van der Waals surface area (Å²) in [6, 6.07) is 5.73. The van der Waals surface area contributed by atoms with Gasteiger partial charge in [0, 0.05) is 29.8 Å². The van der Waals surface area contributed by atoms with Gasteiger partial charge in [-0.1, -0.05) is 20.8 Å². The fourth-order valence-electron chi connectivity index (χ4n) is 2.25. The molecule has 0 radical (unpaired) electrons. The third-order valence-electron chi connectivity index (χ3n) is 3.42. The Bertz CT molecular complexity index is 605. The van der Waals surface area contributed by atoms with Crippen LogP contribution >= 0.6 is 0 Å². The highest BCUT2D eigenvalue weighted by Gasteiger charge is 2.19. The molecular weight excluding hydrogens is 297 g/mol. The molecule has 0 spiro atoms. The highest BCUT2D eigenvalue weighted by atomic mass is 19.1. The van der Waals surface area contributed by atoms with Crippen molar-refractivity contribution < 1.29 is 14.2 Å². The Kier molecular flexibility index (Phi) is 5.74. The number of nitrogens with zero attached hydrogens (tertiary/aromatic N) is 1. The van der Waals surface area contributed by atoms with Gasteiger partial charge in [-0.2, -0.15) is 5.10 Å². The number of aliphatic hydroxyl groups excluding tert-OH is 1. The Morgan fingerprint density at radius 1 is 1.30 bits per heavy atom. The van der Waals surface area contributed by atoms with Crippen molar-refractivity contribution in [1.29, 1.82) is 0 Å². The van der Waals surface area contributed by atoms with Crippen molar-refractivity contribution in [1.82, 2.24) is 15.5 Å². The van der Waals surface area contributed by atoms with Crippen molar-refractivity contribution in [2.75, 3.05) is 13.2 Å². The lowest BCUT2D eigenvalue weighted by atomic mass is 9.89. The first kappa shape index (κ1) is 17.4. The van der Waals surface area contributed by atoms with Gasteiger partial charge in [-0.05, 0) is 24.3 Å². The fourth-order valence-corrected chi connectivity index (χ4v) is 2.25. The summed E-state index contributed by atoms with van der Waals surface area (Å²) in [5, 5.41) is 20.2. The molecule has 5 nitrogen and oxygen atoms in total. The minimum absolute atomic E-state index is 0.00216. The lowest BCUT2D eigenvalue weighted by molar-refractivity contribution is 0.106. The summed E-state index contributed by atoms with van der Waals surface area (Å²) < 4.78 is 18.2. The molecule has 0 aliphatic rings. The van der Waals surface area contributed by atoms with E-state index in [0.29, 0.717) is 18.8 Å². The quantitative estimate of drug-likeness (QED) is 0.732. The molecule has 3 N–H and O–H groups in total. The minimum Gasteiger partial charge on any atom is -0.491 e. The maximum atomic E-state index is 12.8. The number of ether oxygens (including phenoxy) is 1. The van der Waals surface area contributed by atoms with Gasteiger partial charge in [-0.15, -0.1) is 0 Å².